The number of nitrogens with zero attached hydrogens (tertiary/aromatic N) is 1. The Balaban J connectivity index is 2.78. The molecule has 1 fully saturated rings. The van der Waals surface area contributed by atoms with E-state index >= 15 is 0 Å². The molecule has 1 heterocycles. The van der Waals surface area contributed by atoms with Crippen LogP contribution >= 0.6 is 0 Å². The highest BCUT2D eigenvalue weighted by molar-refractivity contribution is 7.90. The Morgan fingerprint density at radius 2 is 1.93 bits per heavy atom. The first-order valence-corrected chi connectivity index (χ1v) is 6.78. The average Bonchev–Trinajstić information content (AvgIpc) is 2.49. The molecular weight excluding hydrogens is 214 g/mol. The van der Waals surface area contributed by atoms with Crippen molar-refractivity contribution in [3.63, 3.8) is 0 Å². The SMILES string of the molecule is CC(O)C1CCN(S(=O)(=O)C(C)(C)C)C1. The van der Waals surface area contributed by atoms with Crippen molar-refractivity contribution in [1.82, 2.24) is 4.31 Å². The Labute approximate surface area is 92.3 Å². The van der Waals surface area contributed by atoms with Crippen LogP contribution in [0, 0.1) is 5.92 Å². The lowest BCUT2D eigenvalue weighted by atomic mass is 10.0. The second-order valence-electron chi connectivity index (χ2n) is 5.26. The largest absolute Gasteiger partial charge is 0.393 e. The van der Waals surface area contributed by atoms with E-state index in [4.69, 9.17) is 0 Å². The minimum atomic E-state index is -3.22. The summed E-state index contributed by atoms with van der Waals surface area (Å²) in [6.45, 7) is 7.83. The van der Waals surface area contributed by atoms with Crippen molar-refractivity contribution < 1.29 is 13.5 Å². The van der Waals surface area contributed by atoms with Crippen LogP contribution in [0.4, 0.5) is 0 Å². The van der Waals surface area contributed by atoms with E-state index in [1.807, 2.05) is 0 Å². The molecule has 15 heavy (non-hydrogen) atoms. The highest BCUT2D eigenvalue weighted by Crippen LogP contribution is 2.28. The summed E-state index contributed by atoms with van der Waals surface area (Å²) in [4.78, 5) is 0. The topological polar surface area (TPSA) is 57.6 Å². The summed E-state index contributed by atoms with van der Waals surface area (Å²) in [5, 5.41) is 9.42. The van der Waals surface area contributed by atoms with Crippen molar-refractivity contribution >= 4 is 10.0 Å². The Morgan fingerprint density at radius 1 is 1.40 bits per heavy atom. The third-order valence-electron chi connectivity index (χ3n) is 2.98. The molecule has 0 radical (unpaired) electrons. The van der Waals surface area contributed by atoms with E-state index in [1.54, 1.807) is 27.7 Å². The van der Waals surface area contributed by atoms with Crippen molar-refractivity contribution in [3.8, 4) is 0 Å². The van der Waals surface area contributed by atoms with Crippen LogP contribution in [0.5, 0.6) is 0 Å². The van der Waals surface area contributed by atoms with Gasteiger partial charge >= 0.3 is 0 Å². The fourth-order valence-electron chi connectivity index (χ4n) is 1.75. The molecule has 0 aliphatic carbocycles. The van der Waals surface area contributed by atoms with Gasteiger partial charge in [-0.05, 0) is 40.0 Å². The monoisotopic (exact) mass is 235 g/mol. The average molecular weight is 235 g/mol. The van der Waals surface area contributed by atoms with E-state index in [0.29, 0.717) is 13.1 Å². The maximum Gasteiger partial charge on any atom is 0.219 e. The molecule has 4 nitrogen and oxygen atoms in total. The normalized spacial score (nSPS) is 26.9. The summed E-state index contributed by atoms with van der Waals surface area (Å²) in [6, 6.07) is 0. The molecular formula is C10H21NO3S. The highest BCUT2D eigenvalue weighted by atomic mass is 32.2. The Bertz CT molecular complexity index is 316. The predicted octanol–water partition coefficient (Wildman–Crippen LogP) is 0.817. The molecule has 1 N–H and O–H groups in total. The van der Waals surface area contributed by atoms with Gasteiger partial charge in [0.05, 0.1) is 10.9 Å². The fourth-order valence-corrected chi connectivity index (χ4v) is 3.26. The van der Waals surface area contributed by atoms with Gasteiger partial charge in [-0.2, -0.15) is 0 Å². The molecule has 0 amide bonds. The third-order valence-corrected chi connectivity index (χ3v) is 5.54. The first-order valence-electron chi connectivity index (χ1n) is 5.34. The summed E-state index contributed by atoms with van der Waals surface area (Å²) in [6.07, 6.45) is 0.331. The second-order valence-corrected chi connectivity index (χ2v) is 7.96. The Kier molecular flexibility index (Phi) is 3.48. The van der Waals surface area contributed by atoms with E-state index in [2.05, 4.69) is 0 Å². The van der Waals surface area contributed by atoms with Crippen LogP contribution in [0.2, 0.25) is 0 Å². The number of aliphatic hydroxyl groups excluding tert-OH is 1. The molecule has 1 aliphatic rings. The van der Waals surface area contributed by atoms with Crippen LogP contribution < -0.4 is 0 Å². The third kappa shape index (κ3) is 2.52. The predicted molar refractivity (Wildman–Crippen MR) is 60.0 cm³/mol. The lowest BCUT2D eigenvalue weighted by Crippen LogP contribution is -2.42. The maximum absolute atomic E-state index is 12.1. The van der Waals surface area contributed by atoms with Crippen LogP contribution in [0.1, 0.15) is 34.1 Å². The number of hydrogen-bond donors (Lipinski definition) is 1. The summed E-state index contributed by atoms with van der Waals surface area (Å²) in [5.41, 5.74) is 0. The van der Waals surface area contributed by atoms with Gasteiger partial charge in [0.15, 0.2) is 0 Å². The minimum Gasteiger partial charge on any atom is -0.393 e. The number of rotatable bonds is 2. The minimum absolute atomic E-state index is 0.0853. The molecule has 5 heteroatoms. The second kappa shape index (κ2) is 4.03. The number of sulfonamides is 1. The Hall–Kier alpha value is -0.130. The van der Waals surface area contributed by atoms with Crippen LogP contribution in [-0.4, -0.2) is 41.8 Å². The van der Waals surface area contributed by atoms with Gasteiger partial charge in [0.2, 0.25) is 10.0 Å². The highest BCUT2D eigenvalue weighted by Gasteiger charge is 2.40. The molecule has 2 unspecified atom stereocenters. The summed E-state index contributed by atoms with van der Waals surface area (Å²) in [5.74, 6) is 0.0853. The Morgan fingerprint density at radius 3 is 2.27 bits per heavy atom. The van der Waals surface area contributed by atoms with Crippen molar-refractivity contribution in [2.45, 2.75) is 45.0 Å². The van der Waals surface area contributed by atoms with Crippen molar-refractivity contribution in [1.29, 1.82) is 0 Å². The zero-order chi connectivity index (χ0) is 11.9. The molecule has 0 aromatic heterocycles. The van der Waals surface area contributed by atoms with E-state index in [1.165, 1.54) is 4.31 Å². The number of aliphatic hydroxyl groups is 1. The lowest BCUT2D eigenvalue weighted by molar-refractivity contribution is 0.132. The van der Waals surface area contributed by atoms with Gasteiger partial charge in [-0.25, -0.2) is 12.7 Å². The van der Waals surface area contributed by atoms with E-state index in [0.717, 1.165) is 6.42 Å². The molecule has 0 spiro atoms. The smallest absolute Gasteiger partial charge is 0.219 e. The van der Waals surface area contributed by atoms with Gasteiger partial charge in [-0.3, -0.25) is 0 Å². The lowest BCUT2D eigenvalue weighted by Gasteiger charge is -2.26. The quantitative estimate of drug-likeness (QED) is 0.771. The van der Waals surface area contributed by atoms with Gasteiger partial charge in [0.1, 0.15) is 0 Å². The van der Waals surface area contributed by atoms with Crippen molar-refractivity contribution in [2.24, 2.45) is 5.92 Å². The van der Waals surface area contributed by atoms with Crippen molar-refractivity contribution in [3.05, 3.63) is 0 Å². The molecule has 2 atom stereocenters. The molecule has 0 saturated carbocycles. The summed E-state index contributed by atoms with van der Waals surface area (Å²) >= 11 is 0. The van der Waals surface area contributed by atoms with Crippen LogP contribution in [-0.2, 0) is 10.0 Å². The van der Waals surface area contributed by atoms with Gasteiger partial charge in [-0.15, -0.1) is 0 Å². The number of hydrogen-bond acceptors (Lipinski definition) is 3. The maximum atomic E-state index is 12.1. The van der Waals surface area contributed by atoms with E-state index < -0.39 is 20.9 Å². The van der Waals surface area contributed by atoms with E-state index in [9.17, 15) is 13.5 Å². The first-order chi connectivity index (χ1) is 6.66. The molecule has 0 aromatic rings. The molecule has 1 saturated heterocycles. The van der Waals surface area contributed by atoms with Crippen LogP contribution in [0.25, 0.3) is 0 Å². The fraction of sp³-hybridized carbons (Fsp3) is 1.00. The molecule has 1 aliphatic heterocycles. The van der Waals surface area contributed by atoms with Gasteiger partial charge in [0.25, 0.3) is 0 Å². The van der Waals surface area contributed by atoms with E-state index in [-0.39, 0.29) is 5.92 Å². The first kappa shape index (κ1) is 12.9. The molecule has 90 valence electrons. The summed E-state index contributed by atoms with van der Waals surface area (Å²) < 4.78 is 24.9. The standard InChI is InChI=1S/C10H21NO3S/c1-8(12)9-5-6-11(7-9)15(13,14)10(2,3)4/h8-9,12H,5-7H2,1-4H3. The zero-order valence-corrected chi connectivity index (χ0v) is 10.7. The van der Waals surface area contributed by atoms with Gasteiger partial charge < -0.3 is 5.11 Å². The van der Waals surface area contributed by atoms with Gasteiger partial charge in [0, 0.05) is 13.1 Å². The van der Waals surface area contributed by atoms with Gasteiger partial charge in [-0.1, -0.05) is 0 Å². The zero-order valence-electron chi connectivity index (χ0n) is 9.90. The van der Waals surface area contributed by atoms with Crippen molar-refractivity contribution in [2.75, 3.05) is 13.1 Å². The van der Waals surface area contributed by atoms with Crippen LogP contribution in [0.3, 0.4) is 0 Å². The summed E-state index contributed by atoms with van der Waals surface area (Å²) in [7, 11) is -3.22. The molecule has 0 aromatic carbocycles. The molecule has 0 bridgehead atoms. The molecule has 1 rings (SSSR count). The van der Waals surface area contributed by atoms with Crippen LogP contribution in [0.15, 0.2) is 0 Å².